The molecule has 4 rings (SSSR count). The second-order valence-electron chi connectivity index (χ2n) is 6.45. The van der Waals surface area contributed by atoms with Crippen molar-refractivity contribution in [3.8, 4) is 0 Å². The van der Waals surface area contributed by atoms with Crippen LogP contribution in [-0.4, -0.2) is 39.2 Å². The lowest BCUT2D eigenvalue weighted by atomic mass is 9.94. The molecule has 0 radical (unpaired) electrons. The van der Waals surface area contributed by atoms with Crippen molar-refractivity contribution in [3.63, 3.8) is 0 Å². The number of anilines is 2. The van der Waals surface area contributed by atoms with Crippen molar-refractivity contribution in [1.29, 1.82) is 0 Å². The van der Waals surface area contributed by atoms with Crippen molar-refractivity contribution in [3.05, 3.63) is 77.0 Å². The van der Waals surface area contributed by atoms with Crippen LogP contribution in [0.2, 0.25) is 0 Å². The van der Waals surface area contributed by atoms with Gasteiger partial charge in [-0.1, -0.05) is 35.4 Å². The summed E-state index contributed by atoms with van der Waals surface area (Å²) in [5.41, 5.74) is 2.96. The third-order valence-corrected chi connectivity index (χ3v) is 4.64. The van der Waals surface area contributed by atoms with Crippen LogP contribution in [0.3, 0.4) is 0 Å². The van der Waals surface area contributed by atoms with E-state index in [-0.39, 0.29) is 5.91 Å². The highest BCUT2D eigenvalue weighted by molar-refractivity contribution is 6.06. The average Bonchev–Trinajstić information content (AvgIpc) is 3.21. The second-order valence-corrected chi connectivity index (χ2v) is 6.45. The molecule has 0 spiro atoms. The molecule has 9 heteroatoms. The number of ether oxygens (including phenoxy) is 1. The van der Waals surface area contributed by atoms with Crippen LogP contribution in [0.25, 0.3) is 0 Å². The number of hydrogen-bond acceptors (Lipinski definition) is 7. The Hall–Kier alpha value is -4.01. The molecule has 2 aromatic carbocycles. The lowest BCUT2D eigenvalue weighted by Crippen LogP contribution is -2.31. The van der Waals surface area contributed by atoms with E-state index < -0.39 is 12.0 Å². The lowest BCUT2D eigenvalue weighted by Gasteiger charge is -2.28. The maximum Gasteiger partial charge on any atom is 0.337 e. The summed E-state index contributed by atoms with van der Waals surface area (Å²) in [5.74, 6) is -0.274. The topological polar surface area (TPSA) is 111 Å². The van der Waals surface area contributed by atoms with Gasteiger partial charge in [0.2, 0.25) is 5.95 Å². The predicted molar refractivity (Wildman–Crippen MR) is 105 cm³/mol. The maximum absolute atomic E-state index is 13.1. The van der Waals surface area contributed by atoms with Gasteiger partial charge in [-0.25, -0.2) is 4.79 Å². The molecule has 0 unspecified atom stereocenters. The van der Waals surface area contributed by atoms with Crippen LogP contribution in [0.1, 0.15) is 28.9 Å². The summed E-state index contributed by atoms with van der Waals surface area (Å²) in [4.78, 5) is 24.9. The van der Waals surface area contributed by atoms with Crippen molar-refractivity contribution >= 4 is 23.5 Å². The van der Waals surface area contributed by atoms with Crippen LogP contribution in [0.15, 0.2) is 65.9 Å². The summed E-state index contributed by atoms with van der Waals surface area (Å²) in [7, 11) is 1.33. The zero-order chi connectivity index (χ0) is 20.4. The van der Waals surface area contributed by atoms with Crippen molar-refractivity contribution in [2.24, 2.45) is 0 Å². The van der Waals surface area contributed by atoms with Crippen LogP contribution in [-0.2, 0) is 9.53 Å². The summed E-state index contributed by atoms with van der Waals surface area (Å²) < 4.78 is 6.29. The van der Waals surface area contributed by atoms with E-state index in [9.17, 15) is 9.59 Å². The molecule has 0 fully saturated rings. The first-order chi connectivity index (χ1) is 14.1. The first-order valence-corrected chi connectivity index (χ1v) is 8.89. The van der Waals surface area contributed by atoms with Crippen LogP contribution in [0.5, 0.6) is 0 Å². The average molecular weight is 390 g/mol. The van der Waals surface area contributed by atoms with Crippen LogP contribution in [0, 0.1) is 0 Å². The summed E-state index contributed by atoms with van der Waals surface area (Å²) in [5, 5.41) is 17.7. The highest BCUT2D eigenvalue weighted by Gasteiger charge is 2.34. The maximum atomic E-state index is 13.1. The zero-order valence-electron chi connectivity index (χ0n) is 15.8. The van der Waals surface area contributed by atoms with Gasteiger partial charge >= 0.3 is 5.97 Å². The number of aromatic nitrogens is 4. The molecular formula is C20H18N6O3. The van der Waals surface area contributed by atoms with Crippen molar-refractivity contribution in [1.82, 2.24) is 20.2 Å². The Bertz CT molecular complexity index is 1090. The number of carbonyl (C=O) groups is 2. The Morgan fingerprint density at radius 3 is 2.52 bits per heavy atom. The minimum absolute atomic E-state index is 0.274. The number of nitrogens with zero attached hydrogens (tertiary/aromatic N) is 4. The lowest BCUT2D eigenvalue weighted by molar-refractivity contribution is -0.113. The molecule has 1 amide bonds. The first-order valence-electron chi connectivity index (χ1n) is 8.89. The normalized spacial score (nSPS) is 15.3. The molecule has 0 saturated carbocycles. The van der Waals surface area contributed by atoms with Crippen LogP contribution in [0.4, 0.5) is 11.6 Å². The number of esters is 1. The van der Waals surface area contributed by atoms with E-state index >= 15 is 0 Å². The first kappa shape index (κ1) is 18.4. The quantitative estimate of drug-likeness (QED) is 0.658. The fourth-order valence-corrected chi connectivity index (χ4v) is 3.25. The number of tetrazole rings is 1. The standard InChI is InChI=1S/C20H18N6O3/c1-12-16(18(27)22-15-6-4-3-5-7-15)17(26-20(21-12)23-24-25-26)13-8-10-14(11-9-13)19(28)29-2/h3-11,17H,1-2H3,(H,22,27)(H,21,23,25)/t17-/m0/s1. The van der Waals surface area contributed by atoms with E-state index in [1.807, 2.05) is 30.3 Å². The number of hydrogen-bond donors (Lipinski definition) is 2. The molecule has 1 aromatic heterocycles. The van der Waals surface area contributed by atoms with Crippen molar-refractivity contribution < 1.29 is 14.3 Å². The van der Waals surface area contributed by atoms with E-state index in [4.69, 9.17) is 4.74 Å². The van der Waals surface area contributed by atoms with Crippen molar-refractivity contribution in [2.75, 3.05) is 17.7 Å². The Morgan fingerprint density at radius 2 is 1.83 bits per heavy atom. The number of para-hydroxylation sites is 1. The second kappa shape index (κ2) is 7.55. The van der Waals surface area contributed by atoms with Gasteiger partial charge in [-0.2, -0.15) is 4.68 Å². The monoisotopic (exact) mass is 390 g/mol. The van der Waals surface area contributed by atoms with E-state index in [1.54, 1.807) is 35.9 Å². The number of allylic oxidation sites excluding steroid dienone is 1. The number of fused-ring (bicyclic) bond motifs is 1. The van der Waals surface area contributed by atoms with E-state index in [2.05, 4.69) is 26.2 Å². The molecule has 2 N–H and O–H groups in total. The van der Waals surface area contributed by atoms with Crippen LogP contribution >= 0.6 is 0 Å². The van der Waals surface area contributed by atoms with E-state index in [1.165, 1.54) is 7.11 Å². The van der Waals surface area contributed by atoms with E-state index in [0.29, 0.717) is 28.5 Å². The van der Waals surface area contributed by atoms with Gasteiger partial charge in [-0.3, -0.25) is 4.79 Å². The van der Waals surface area contributed by atoms with Gasteiger partial charge in [0, 0.05) is 11.4 Å². The number of rotatable bonds is 4. The Labute approximate surface area is 166 Å². The molecule has 146 valence electrons. The molecule has 29 heavy (non-hydrogen) atoms. The third kappa shape index (κ3) is 3.45. The molecule has 9 nitrogen and oxygen atoms in total. The van der Waals surface area contributed by atoms with Crippen molar-refractivity contribution in [2.45, 2.75) is 13.0 Å². The smallest absolute Gasteiger partial charge is 0.337 e. The molecule has 0 saturated heterocycles. The molecule has 1 atom stereocenters. The minimum Gasteiger partial charge on any atom is -0.465 e. The summed E-state index contributed by atoms with van der Waals surface area (Å²) in [6.07, 6.45) is 0. The number of methoxy groups -OCH3 is 1. The SMILES string of the molecule is COC(=O)c1ccc([C@H]2C(C(=O)Nc3ccccc3)=C(C)Nc3nnnn32)cc1. The van der Waals surface area contributed by atoms with Gasteiger partial charge in [0.25, 0.3) is 5.91 Å². The zero-order valence-corrected chi connectivity index (χ0v) is 15.8. The molecular weight excluding hydrogens is 372 g/mol. The van der Waals surface area contributed by atoms with Gasteiger partial charge in [-0.05, 0) is 47.2 Å². The molecule has 3 aromatic rings. The Balaban J connectivity index is 1.74. The summed E-state index contributed by atoms with van der Waals surface area (Å²) in [6.45, 7) is 1.80. The molecule has 0 aliphatic carbocycles. The van der Waals surface area contributed by atoms with Gasteiger partial charge in [0.1, 0.15) is 6.04 Å². The Morgan fingerprint density at radius 1 is 1.10 bits per heavy atom. The highest BCUT2D eigenvalue weighted by atomic mass is 16.5. The van der Waals surface area contributed by atoms with Gasteiger partial charge in [-0.15, -0.1) is 0 Å². The number of nitrogens with one attached hydrogen (secondary N) is 2. The molecule has 2 heterocycles. The van der Waals surface area contributed by atoms with Crippen LogP contribution < -0.4 is 10.6 Å². The molecule has 1 aliphatic heterocycles. The predicted octanol–water partition coefficient (Wildman–Crippen LogP) is 2.39. The van der Waals surface area contributed by atoms with E-state index in [0.717, 1.165) is 5.56 Å². The Kier molecular flexibility index (Phi) is 4.78. The fraction of sp³-hybridized carbons (Fsp3) is 0.150. The fourth-order valence-electron chi connectivity index (χ4n) is 3.25. The third-order valence-electron chi connectivity index (χ3n) is 4.64. The van der Waals surface area contributed by atoms with Gasteiger partial charge in [0.05, 0.1) is 18.2 Å². The number of benzene rings is 2. The number of amides is 1. The summed E-state index contributed by atoms with van der Waals surface area (Å²) in [6, 6.07) is 15.5. The molecule has 0 bridgehead atoms. The molecule has 1 aliphatic rings. The van der Waals surface area contributed by atoms with Gasteiger partial charge in [0.15, 0.2) is 0 Å². The number of carbonyl (C=O) groups excluding carboxylic acids is 2. The summed E-state index contributed by atoms with van der Waals surface area (Å²) >= 11 is 0. The highest BCUT2D eigenvalue weighted by Crippen LogP contribution is 2.35. The largest absolute Gasteiger partial charge is 0.465 e. The minimum atomic E-state index is -0.559. The van der Waals surface area contributed by atoms with Gasteiger partial charge < -0.3 is 15.4 Å².